The zero-order valence-corrected chi connectivity index (χ0v) is 14.9. The number of benzene rings is 1. The summed E-state index contributed by atoms with van der Waals surface area (Å²) in [6.45, 7) is 1.28. The van der Waals surface area contributed by atoms with Crippen molar-refractivity contribution in [2.24, 2.45) is 0 Å². The molecule has 27 heavy (non-hydrogen) atoms. The summed E-state index contributed by atoms with van der Waals surface area (Å²) in [6, 6.07) is 11.6. The quantitative estimate of drug-likeness (QED) is 0.848. The van der Waals surface area contributed by atoms with E-state index in [1.807, 2.05) is 36.4 Å². The molecule has 0 aliphatic carbocycles. The molecule has 6 nitrogen and oxygen atoms in total. The van der Waals surface area contributed by atoms with Crippen LogP contribution < -0.4 is 10.1 Å². The Hall–Kier alpha value is -3.15. The van der Waals surface area contributed by atoms with Crippen molar-refractivity contribution in [2.45, 2.75) is 25.4 Å². The summed E-state index contributed by atoms with van der Waals surface area (Å²) in [5.74, 6) is 1.42. The van der Waals surface area contributed by atoms with Crippen LogP contribution in [0.3, 0.4) is 0 Å². The van der Waals surface area contributed by atoms with Gasteiger partial charge in [-0.3, -0.25) is 9.59 Å². The highest BCUT2D eigenvalue weighted by Gasteiger charge is 2.26. The van der Waals surface area contributed by atoms with E-state index in [1.165, 1.54) is 0 Å². The molecule has 0 radical (unpaired) electrons. The Kier molecular flexibility index (Phi) is 4.87. The number of para-hydroxylation sites is 1. The lowest BCUT2D eigenvalue weighted by Gasteiger charge is -2.16. The Morgan fingerprint density at radius 1 is 1.26 bits per heavy atom. The Labute approximate surface area is 157 Å². The zero-order chi connectivity index (χ0) is 18.6. The van der Waals surface area contributed by atoms with Crippen LogP contribution in [-0.4, -0.2) is 40.9 Å². The monoisotopic (exact) mass is 363 g/mol. The third kappa shape index (κ3) is 4.16. The third-order valence-electron chi connectivity index (χ3n) is 4.79. The highest BCUT2D eigenvalue weighted by molar-refractivity contribution is 5.93. The summed E-state index contributed by atoms with van der Waals surface area (Å²) < 4.78 is 5.93. The van der Waals surface area contributed by atoms with Crippen molar-refractivity contribution in [2.75, 3.05) is 18.4 Å². The van der Waals surface area contributed by atoms with Gasteiger partial charge in [-0.2, -0.15) is 0 Å². The van der Waals surface area contributed by atoms with Gasteiger partial charge in [0.1, 0.15) is 17.7 Å². The lowest BCUT2D eigenvalue weighted by atomic mass is 10.0. The standard InChI is InChI=1S/C21H21N3O3/c25-19-8-7-16-12-15(13-22-21(16)23-19)6-9-20(26)24-11-10-18(14-24)27-17-4-2-1-3-5-17/h1-6,9,12-13,18H,7-8,10-11,14H2,(H,22,23,25). The SMILES string of the molecule is O=C1CCc2cc(C=CC(=O)N3CCC(Oc4ccccc4)C3)cnc2N1. The van der Waals surface area contributed by atoms with Gasteiger partial charge >= 0.3 is 0 Å². The average molecular weight is 363 g/mol. The van der Waals surface area contributed by atoms with Gasteiger partial charge in [0.2, 0.25) is 11.8 Å². The zero-order valence-electron chi connectivity index (χ0n) is 14.9. The fraction of sp³-hybridized carbons (Fsp3) is 0.286. The molecule has 2 aliphatic heterocycles. The van der Waals surface area contributed by atoms with Gasteiger partial charge in [-0.05, 0) is 41.8 Å². The second-order valence-corrected chi connectivity index (χ2v) is 6.78. The molecule has 2 aliphatic rings. The lowest BCUT2D eigenvalue weighted by molar-refractivity contribution is -0.125. The molecule has 138 valence electrons. The Morgan fingerprint density at radius 3 is 2.96 bits per heavy atom. The molecule has 2 aromatic rings. The van der Waals surface area contributed by atoms with Gasteiger partial charge in [0.25, 0.3) is 0 Å². The molecule has 6 heteroatoms. The second kappa shape index (κ2) is 7.61. The van der Waals surface area contributed by atoms with Crippen LogP contribution in [0.5, 0.6) is 5.75 Å². The number of anilines is 1. The number of aromatic nitrogens is 1. The van der Waals surface area contributed by atoms with Crippen molar-refractivity contribution in [3.05, 3.63) is 59.8 Å². The van der Waals surface area contributed by atoms with Crippen LogP contribution in [0.4, 0.5) is 5.82 Å². The number of carbonyl (C=O) groups excluding carboxylic acids is 2. The Morgan fingerprint density at radius 2 is 2.11 bits per heavy atom. The van der Waals surface area contributed by atoms with E-state index in [-0.39, 0.29) is 17.9 Å². The van der Waals surface area contributed by atoms with Crippen LogP contribution >= 0.6 is 0 Å². The first-order chi connectivity index (χ1) is 13.2. The number of carbonyl (C=O) groups is 2. The number of nitrogens with zero attached hydrogens (tertiary/aromatic N) is 2. The number of likely N-dealkylation sites (tertiary alicyclic amines) is 1. The van der Waals surface area contributed by atoms with E-state index in [0.717, 1.165) is 23.3 Å². The van der Waals surface area contributed by atoms with Crippen molar-refractivity contribution >= 4 is 23.7 Å². The minimum atomic E-state index is -0.0276. The highest BCUT2D eigenvalue weighted by atomic mass is 16.5. The summed E-state index contributed by atoms with van der Waals surface area (Å²) in [4.78, 5) is 29.9. The minimum absolute atomic E-state index is 0.00483. The van der Waals surface area contributed by atoms with Gasteiger partial charge in [-0.25, -0.2) is 4.98 Å². The average Bonchev–Trinajstić information content (AvgIpc) is 3.15. The fourth-order valence-electron chi connectivity index (χ4n) is 3.35. The summed E-state index contributed by atoms with van der Waals surface area (Å²) in [6.07, 6.45) is 7.02. The van der Waals surface area contributed by atoms with Crippen LogP contribution in [0.1, 0.15) is 24.0 Å². The number of hydrogen-bond acceptors (Lipinski definition) is 4. The number of hydrogen-bond donors (Lipinski definition) is 1. The molecule has 1 N–H and O–H groups in total. The molecule has 0 bridgehead atoms. The molecule has 3 heterocycles. The normalized spacial score (nSPS) is 19.0. The number of fused-ring (bicyclic) bond motifs is 1. The van der Waals surface area contributed by atoms with Gasteiger partial charge < -0.3 is 15.0 Å². The molecule has 1 unspecified atom stereocenters. The van der Waals surface area contributed by atoms with E-state index in [1.54, 1.807) is 23.2 Å². The van der Waals surface area contributed by atoms with Crippen LogP contribution in [0.25, 0.3) is 6.08 Å². The lowest BCUT2D eigenvalue weighted by Crippen LogP contribution is -2.29. The van der Waals surface area contributed by atoms with E-state index in [2.05, 4.69) is 10.3 Å². The molecule has 1 atom stereocenters. The number of nitrogens with one attached hydrogen (secondary N) is 1. The van der Waals surface area contributed by atoms with Gasteiger partial charge in [0.15, 0.2) is 0 Å². The van der Waals surface area contributed by atoms with Crippen LogP contribution in [0, 0.1) is 0 Å². The van der Waals surface area contributed by atoms with Crippen LogP contribution in [0.15, 0.2) is 48.7 Å². The van der Waals surface area contributed by atoms with Crippen molar-refractivity contribution in [1.29, 1.82) is 0 Å². The third-order valence-corrected chi connectivity index (χ3v) is 4.79. The Balaban J connectivity index is 1.35. The molecular formula is C21H21N3O3. The second-order valence-electron chi connectivity index (χ2n) is 6.78. The van der Waals surface area contributed by atoms with Crippen molar-refractivity contribution in [1.82, 2.24) is 9.88 Å². The van der Waals surface area contributed by atoms with Crippen molar-refractivity contribution in [3.63, 3.8) is 0 Å². The molecule has 0 spiro atoms. The largest absolute Gasteiger partial charge is 0.489 e. The van der Waals surface area contributed by atoms with Gasteiger partial charge in [0, 0.05) is 31.7 Å². The maximum Gasteiger partial charge on any atom is 0.246 e. The first-order valence-electron chi connectivity index (χ1n) is 9.15. The number of pyridine rings is 1. The van der Waals surface area contributed by atoms with Gasteiger partial charge in [-0.15, -0.1) is 0 Å². The van der Waals surface area contributed by atoms with E-state index in [0.29, 0.717) is 31.7 Å². The molecule has 4 rings (SSSR count). The highest BCUT2D eigenvalue weighted by Crippen LogP contribution is 2.22. The summed E-state index contributed by atoms with van der Waals surface area (Å²) in [5.41, 5.74) is 1.86. The smallest absolute Gasteiger partial charge is 0.246 e. The number of aryl methyl sites for hydroxylation is 1. The van der Waals surface area contributed by atoms with E-state index in [4.69, 9.17) is 4.74 Å². The minimum Gasteiger partial charge on any atom is -0.489 e. The molecule has 2 amide bonds. The first kappa shape index (κ1) is 17.3. The molecule has 1 fully saturated rings. The first-order valence-corrected chi connectivity index (χ1v) is 9.15. The molecule has 0 saturated carbocycles. The number of rotatable bonds is 4. The van der Waals surface area contributed by atoms with E-state index >= 15 is 0 Å². The Bertz CT molecular complexity index is 879. The maximum atomic E-state index is 12.5. The summed E-state index contributed by atoms with van der Waals surface area (Å²) in [7, 11) is 0. The van der Waals surface area contributed by atoms with Gasteiger partial charge in [-0.1, -0.05) is 18.2 Å². The summed E-state index contributed by atoms with van der Waals surface area (Å²) >= 11 is 0. The van der Waals surface area contributed by atoms with Crippen molar-refractivity contribution < 1.29 is 14.3 Å². The maximum absolute atomic E-state index is 12.5. The molecular weight excluding hydrogens is 342 g/mol. The fourth-order valence-corrected chi connectivity index (χ4v) is 3.35. The van der Waals surface area contributed by atoms with Gasteiger partial charge in [0.05, 0.1) is 6.54 Å². The predicted molar refractivity (Wildman–Crippen MR) is 102 cm³/mol. The van der Waals surface area contributed by atoms with E-state index in [9.17, 15) is 9.59 Å². The van der Waals surface area contributed by atoms with E-state index < -0.39 is 0 Å². The molecule has 1 aromatic heterocycles. The molecule has 1 saturated heterocycles. The van der Waals surface area contributed by atoms with Crippen molar-refractivity contribution in [3.8, 4) is 5.75 Å². The topological polar surface area (TPSA) is 71.5 Å². The van der Waals surface area contributed by atoms with Crippen LogP contribution in [0.2, 0.25) is 0 Å². The predicted octanol–water partition coefficient (Wildman–Crippen LogP) is 2.66. The summed E-state index contributed by atoms with van der Waals surface area (Å²) in [5, 5.41) is 2.76. The number of amides is 2. The van der Waals surface area contributed by atoms with Crippen LogP contribution in [-0.2, 0) is 16.0 Å². The number of ether oxygens (including phenoxy) is 1. The molecule has 1 aromatic carbocycles.